The first kappa shape index (κ1) is 18.7. The van der Waals surface area contributed by atoms with Gasteiger partial charge in [-0.3, -0.25) is 14.5 Å². The number of hydrogen-bond acceptors (Lipinski definition) is 4. The van der Waals surface area contributed by atoms with E-state index in [-0.39, 0.29) is 36.1 Å². The van der Waals surface area contributed by atoms with E-state index in [1.54, 1.807) is 13.0 Å². The Morgan fingerprint density at radius 1 is 1.25 bits per heavy atom. The monoisotopic (exact) mass is 388 g/mol. The number of urea groups is 1. The topological polar surface area (TPSA) is 81.8 Å². The molecule has 28 heavy (non-hydrogen) atoms. The maximum Gasteiger partial charge on any atom is 0.325 e. The summed E-state index contributed by atoms with van der Waals surface area (Å²) in [5.74, 6) is -0.729. The second-order valence-electron chi connectivity index (χ2n) is 8.11. The Labute approximate surface area is 163 Å². The lowest BCUT2D eigenvalue weighted by Crippen LogP contribution is -2.49. The number of imide groups is 1. The van der Waals surface area contributed by atoms with Crippen LogP contribution in [-0.2, 0) is 9.59 Å². The fourth-order valence-electron chi connectivity index (χ4n) is 4.17. The molecule has 150 valence electrons. The van der Waals surface area contributed by atoms with Crippen LogP contribution in [0.3, 0.4) is 0 Å². The summed E-state index contributed by atoms with van der Waals surface area (Å²) in [5, 5.41) is 5.68. The second kappa shape index (κ2) is 7.07. The molecule has 1 aliphatic carbocycles. The van der Waals surface area contributed by atoms with Crippen LogP contribution in [0, 0.1) is 11.7 Å². The minimum atomic E-state index is -0.867. The molecule has 1 aromatic rings. The molecule has 8 heteroatoms. The number of halogens is 1. The third-order valence-electron chi connectivity index (χ3n) is 6.03. The summed E-state index contributed by atoms with van der Waals surface area (Å²) in [5.41, 5.74) is -0.0309. The zero-order valence-corrected chi connectivity index (χ0v) is 15.9. The zero-order chi connectivity index (χ0) is 19.9. The minimum absolute atomic E-state index is 0.0205. The van der Waals surface area contributed by atoms with E-state index in [4.69, 9.17) is 0 Å². The summed E-state index contributed by atoms with van der Waals surface area (Å²) in [4.78, 5) is 40.3. The van der Waals surface area contributed by atoms with E-state index >= 15 is 0 Å². The van der Waals surface area contributed by atoms with Gasteiger partial charge in [-0.1, -0.05) is 6.07 Å². The Kier molecular flexibility index (Phi) is 4.72. The smallest absolute Gasteiger partial charge is 0.325 e. The van der Waals surface area contributed by atoms with Crippen LogP contribution in [-0.4, -0.2) is 54.0 Å². The van der Waals surface area contributed by atoms with Gasteiger partial charge in [0, 0.05) is 24.8 Å². The van der Waals surface area contributed by atoms with E-state index < -0.39 is 11.6 Å². The standard InChI is InChI=1S/C20H25FN4O3/c1-20(13-5-6-13)18(27)25(19(28)23-20)12-17(26)22-15-7-9-24(10-8-15)16-4-2-3-14(21)11-16/h2-4,11,13,15H,5-10,12H2,1H3,(H,22,26)(H,23,28). The van der Waals surface area contributed by atoms with E-state index in [0.717, 1.165) is 36.3 Å². The Balaban J connectivity index is 1.28. The molecule has 7 nitrogen and oxygen atoms in total. The van der Waals surface area contributed by atoms with Crippen LogP contribution in [0.4, 0.5) is 14.9 Å². The van der Waals surface area contributed by atoms with Crippen molar-refractivity contribution in [1.82, 2.24) is 15.5 Å². The highest BCUT2D eigenvalue weighted by Gasteiger charge is 2.56. The zero-order valence-electron chi connectivity index (χ0n) is 15.9. The molecule has 0 radical (unpaired) electrons. The highest BCUT2D eigenvalue weighted by atomic mass is 19.1. The van der Waals surface area contributed by atoms with Crippen molar-refractivity contribution in [2.24, 2.45) is 5.92 Å². The third kappa shape index (κ3) is 3.55. The quantitative estimate of drug-likeness (QED) is 0.752. The van der Waals surface area contributed by atoms with Gasteiger partial charge >= 0.3 is 6.03 Å². The highest BCUT2D eigenvalue weighted by Crippen LogP contribution is 2.42. The lowest BCUT2D eigenvalue weighted by molar-refractivity contribution is -0.135. The number of hydrogen-bond donors (Lipinski definition) is 2. The summed E-state index contributed by atoms with van der Waals surface area (Å²) in [7, 11) is 0. The first-order valence-corrected chi connectivity index (χ1v) is 9.81. The summed E-state index contributed by atoms with van der Waals surface area (Å²) in [6, 6.07) is 5.97. The molecule has 1 atom stereocenters. The Morgan fingerprint density at radius 3 is 2.61 bits per heavy atom. The van der Waals surface area contributed by atoms with Gasteiger partial charge in [0.2, 0.25) is 5.91 Å². The van der Waals surface area contributed by atoms with Crippen LogP contribution in [0.5, 0.6) is 0 Å². The Bertz CT molecular complexity index is 804. The molecular formula is C20H25FN4O3. The molecule has 0 aromatic heterocycles. The maximum absolute atomic E-state index is 13.4. The largest absolute Gasteiger partial charge is 0.371 e. The van der Waals surface area contributed by atoms with E-state index in [9.17, 15) is 18.8 Å². The normalized spacial score (nSPS) is 25.8. The molecule has 2 saturated heterocycles. The van der Waals surface area contributed by atoms with Crippen LogP contribution in [0.25, 0.3) is 0 Å². The maximum atomic E-state index is 13.4. The molecule has 1 unspecified atom stereocenters. The van der Waals surface area contributed by atoms with E-state index in [2.05, 4.69) is 15.5 Å². The van der Waals surface area contributed by atoms with Crippen molar-refractivity contribution in [2.75, 3.05) is 24.5 Å². The van der Waals surface area contributed by atoms with Gasteiger partial charge in [0.1, 0.15) is 17.9 Å². The molecule has 3 aliphatic rings. The molecule has 4 amide bonds. The number of carbonyl (C=O) groups is 3. The number of benzene rings is 1. The summed E-state index contributed by atoms with van der Waals surface area (Å²) >= 11 is 0. The molecule has 0 spiro atoms. The molecule has 2 aliphatic heterocycles. The van der Waals surface area contributed by atoms with Crippen molar-refractivity contribution in [1.29, 1.82) is 0 Å². The van der Waals surface area contributed by atoms with Crippen LogP contribution in [0.15, 0.2) is 24.3 Å². The number of piperidine rings is 1. The Hall–Kier alpha value is -2.64. The first-order valence-electron chi connectivity index (χ1n) is 9.81. The van der Waals surface area contributed by atoms with Crippen molar-refractivity contribution in [3.63, 3.8) is 0 Å². The van der Waals surface area contributed by atoms with Gasteiger partial charge in [0.25, 0.3) is 5.91 Å². The van der Waals surface area contributed by atoms with Crippen molar-refractivity contribution in [3.05, 3.63) is 30.1 Å². The SMILES string of the molecule is CC1(C2CC2)NC(=O)N(CC(=O)NC2CCN(c3cccc(F)c3)CC2)C1=O. The van der Waals surface area contributed by atoms with Gasteiger partial charge < -0.3 is 15.5 Å². The van der Waals surface area contributed by atoms with Crippen molar-refractivity contribution in [2.45, 2.75) is 44.2 Å². The second-order valence-corrected chi connectivity index (χ2v) is 8.11. The van der Waals surface area contributed by atoms with E-state index in [0.29, 0.717) is 13.1 Å². The molecular weight excluding hydrogens is 363 g/mol. The van der Waals surface area contributed by atoms with E-state index in [1.165, 1.54) is 12.1 Å². The number of carbonyl (C=O) groups excluding carboxylic acids is 3. The van der Waals surface area contributed by atoms with Crippen LogP contribution in [0.2, 0.25) is 0 Å². The predicted octanol–water partition coefficient (Wildman–Crippen LogP) is 1.63. The van der Waals surface area contributed by atoms with Crippen molar-refractivity contribution >= 4 is 23.5 Å². The average Bonchev–Trinajstić information content (AvgIpc) is 3.49. The molecule has 4 rings (SSSR count). The lowest BCUT2D eigenvalue weighted by Gasteiger charge is -2.34. The Morgan fingerprint density at radius 2 is 1.96 bits per heavy atom. The number of rotatable bonds is 5. The summed E-state index contributed by atoms with van der Waals surface area (Å²) < 4.78 is 13.4. The molecule has 2 heterocycles. The van der Waals surface area contributed by atoms with Gasteiger partial charge in [-0.15, -0.1) is 0 Å². The van der Waals surface area contributed by atoms with Gasteiger partial charge in [-0.25, -0.2) is 9.18 Å². The molecule has 1 aromatic carbocycles. The minimum Gasteiger partial charge on any atom is -0.371 e. The molecule has 2 N–H and O–H groups in total. The summed E-state index contributed by atoms with van der Waals surface area (Å²) in [6.07, 6.45) is 3.29. The van der Waals surface area contributed by atoms with Gasteiger partial charge in [-0.05, 0) is 56.7 Å². The lowest BCUT2D eigenvalue weighted by atomic mass is 9.96. The van der Waals surface area contributed by atoms with Gasteiger partial charge in [0.05, 0.1) is 0 Å². The number of anilines is 1. The van der Waals surface area contributed by atoms with Gasteiger partial charge in [0.15, 0.2) is 0 Å². The predicted molar refractivity (Wildman–Crippen MR) is 101 cm³/mol. The number of amides is 4. The number of nitrogens with zero attached hydrogens (tertiary/aromatic N) is 2. The van der Waals surface area contributed by atoms with Gasteiger partial charge in [-0.2, -0.15) is 0 Å². The average molecular weight is 388 g/mol. The molecule has 1 saturated carbocycles. The van der Waals surface area contributed by atoms with E-state index in [1.807, 2.05) is 6.07 Å². The van der Waals surface area contributed by atoms with Crippen LogP contribution < -0.4 is 15.5 Å². The number of nitrogens with one attached hydrogen (secondary N) is 2. The fraction of sp³-hybridized carbons (Fsp3) is 0.550. The van der Waals surface area contributed by atoms with Crippen molar-refractivity contribution < 1.29 is 18.8 Å². The third-order valence-corrected chi connectivity index (χ3v) is 6.03. The van der Waals surface area contributed by atoms with Crippen LogP contribution in [0.1, 0.15) is 32.6 Å². The van der Waals surface area contributed by atoms with Crippen LogP contribution >= 0.6 is 0 Å². The molecule has 0 bridgehead atoms. The fourth-order valence-corrected chi connectivity index (χ4v) is 4.17. The first-order chi connectivity index (χ1) is 13.4. The highest BCUT2D eigenvalue weighted by molar-refractivity contribution is 6.09. The van der Waals surface area contributed by atoms with Crippen molar-refractivity contribution in [3.8, 4) is 0 Å². The molecule has 3 fully saturated rings. The summed E-state index contributed by atoms with van der Waals surface area (Å²) in [6.45, 7) is 2.90.